The van der Waals surface area contributed by atoms with Crippen LogP contribution >= 0.6 is 0 Å². The summed E-state index contributed by atoms with van der Waals surface area (Å²) < 4.78 is 0. The Labute approximate surface area is 153 Å². The van der Waals surface area contributed by atoms with Crippen LogP contribution in [0.4, 0.5) is 17.3 Å². The number of carboxylic acids is 1. The van der Waals surface area contributed by atoms with Crippen LogP contribution in [0.3, 0.4) is 0 Å². The van der Waals surface area contributed by atoms with Crippen LogP contribution in [0.25, 0.3) is 0 Å². The second-order valence-corrected chi connectivity index (χ2v) is 6.48. The summed E-state index contributed by atoms with van der Waals surface area (Å²) in [6.45, 7) is 2.68. The predicted molar refractivity (Wildman–Crippen MR) is 103 cm³/mol. The van der Waals surface area contributed by atoms with Gasteiger partial charge in [-0.2, -0.15) is 0 Å². The summed E-state index contributed by atoms with van der Waals surface area (Å²) in [4.78, 5) is 19.9. The molecule has 0 spiro atoms. The lowest BCUT2D eigenvalue weighted by Gasteiger charge is -2.14. The number of hydrogen-bond donors (Lipinski definition) is 3. The number of aromatic carboxylic acids is 1. The highest BCUT2D eigenvalue weighted by Gasteiger charge is 2.07. The van der Waals surface area contributed by atoms with E-state index in [2.05, 4.69) is 26.7 Å². The molecular formula is C20H24N4O2. The van der Waals surface area contributed by atoms with Crippen molar-refractivity contribution in [2.45, 2.75) is 39.0 Å². The van der Waals surface area contributed by atoms with Gasteiger partial charge in [0.15, 0.2) is 0 Å². The van der Waals surface area contributed by atoms with Crippen molar-refractivity contribution in [3.63, 3.8) is 0 Å². The van der Waals surface area contributed by atoms with Gasteiger partial charge >= 0.3 is 5.97 Å². The zero-order valence-corrected chi connectivity index (χ0v) is 15.0. The van der Waals surface area contributed by atoms with Gasteiger partial charge in [0.2, 0.25) is 0 Å². The average Bonchev–Trinajstić information content (AvgIpc) is 2.62. The Morgan fingerprint density at radius 2 is 2.04 bits per heavy atom. The van der Waals surface area contributed by atoms with Crippen LogP contribution in [0.15, 0.2) is 42.0 Å². The van der Waals surface area contributed by atoms with Gasteiger partial charge in [0.25, 0.3) is 0 Å². The van der Waals surface area contributed by atoms with Gasteiger partial charge in [-0.1, -0.05) is 17.7 Å². The van der Waals surface area contributed by atoms with Crippen LogP contribution in [0.5, 0.6) is 0 Å². The molecule has 0 unspecified atom stereocenters. The molecule has 0 fully saturated rings. The minimum Gasteiger partial charge on any atom is -0.478 e. The van der Waals surface area contributed by atoms with E-state index in [9.17, 15) is 4.79 Å². The van der Waals surface area contributed by atoms with E-state index < -0.39 is 5.97 Å². The van der Waals surface area contributed by atoms with Gasteiger partial charge in [-0.25, -0.2) is 14.8 Å². The molecule has 3 rings (SSSR count). The van der Waals surface area contributed by atoms with Crippen LogP contribution in [-0.2, 0) is 0 Å². The van der Waals surface area contributed by atoms with Crippen LogP contribution < -0.4 is 10.6 Å². The lowest BCUT2D eigenvalue weighted by molar-refractivity contribution is 0.0697. The Morgan fingerprint density at radius 3 is 2.81 bits per heavy atom. The molecule has 0 radical (unpaired) electrons. The number of carbonyl (C=O) groups is 1. The van der Waals surface area contributed by atoms with Crippen LogP contribution in [0, 0.1) is 6.92 Å². The van der Waals surface area contributed by atoms with Gasteiger partial charge in [0, 0.05) is 18.3 Å². The number of aryl methyl sites for hydroxylation is 1. The molecule has 6 nitrogen and oxygen atoms in total. The highest BCUT2D eigenvalue weighted by molar-refractivity contribution is 5.89. The Bertz CT molecular complexity index is 817. The molecule has 0 amide bonds. The highest BCUT2D eigenvalue weighted by atomic mass is 16.4. The molecule has 1 heterocycles. The molecule has 3 N–H and O–H groups in total. The molecule has 1 aliphatic carbocycles. The van der Waals surface area contributed by atoms with Gasteiger partial charge in [0.1, 0.15) is 17.5 Å². The fourth-order valence-corrected chi connectivity index (χ4v) is 3.08. The molecule has 6 heteroatoms. The molecule has 0 aliphatic heterocycles. The molecule has 0 saturated heterocycles. The quantitative estimate of drug-likeness (QED) is 0.635. The van der Waals surface area contributed by atoms with E-state index in [1.54, 1.807) is 18.2 Å². The van der Waals surface area contributed by atoms with Crippen molar-refractivity contribution in [3.05, 3.63) is 53.4 Å². The van der Waals surface area contributed by atoms with Crippen LogP contribution in [0.1, 0.15) is 48.3 Å². The van der Waals surface area contributed by atoms with Crippen molar-refractivity contribution in [2.24, 2.45) is 0 Å². The largest absolute Gasteiger partial charge is 0.478 e. The normalized spacial score (nSPS) is 13.8. The summed E-state index contributed by atoms with van der Waals surface area (Å²) in [5.41, 5.74) is 2.44. The molecule has 0 atom stereocenters. The van der Waals surface area contributed by atoms with E-state index in [1.165, 1.54) is 31.3 Å². The number of carboxylic acid groups (broad SMARTS) is 1. The van der Waals surface area contributed by atoms with E-state index in [-0.39, 0.29) is 5.56 Å². The Kier molecular flexibility index (Phi) is 5.84. The van der Waals surface area contributed by atoms with Crippen molar-refractivity contribution in [1.29, 1.82) is 0 Å². The minimum absolute atomic E-state index is 0.236. The van der Waals surface area contributed by atoms with Crippen molar-refractivity contribution in [1.82, 2.24) is 9.97 Å². The third kappa shape index (κ3) is 5.05. The number of nitrogens with one attached hydrogen (secondary N) is 2. The van der Waals surface area contributed by atoms with Gasteiger partial charge in [-0.15, -0.1) is 0 Å². The van der Waals surface area contributed by atoms with Gasteiger partial charge in [-0.05, 0) is 57.2 Å². The number of allylic oxidation sites excluding steroid dienone is 1. The molecular weight excluding hydrogens is 328 g/mol. The Morgan fingerprint density at radius 1 is 1.19 bits per heavy atom. The van der Waals surface area contributed by atoms with E-state index in [0.29, 0.717) is 17.3 Å². The van der Waals surface area contributed by atoms with E-state index >= 15 is 0 Å². The van der Waals surface area contributed by atoms with E-state index in [1.807, 2.05) is 19.1 Å². The summed E-state index contributed by atoms with van der Waals surface area (Å²) in [7, 11) is 0. The van der Waals surface area contributed by atoms with Gasteiger partial charge in [-0.3, -0.25) is 0 Å². The first kappa shape index (κ1) is 17.9. The molecule has 0 saturated carbocycles. The van der Waals surface area contributed by atoms with Crippen molar-refractivity contribution in [3.8, 4) is 0 Å². The van der Waals surface area contributed by atoms with Crippen molar-refractivity contribution >= 4 is 23.3 Å². The second-order valence-electron chi connectivity index (χ2n) is 6.48. The first-order valence-electron chi connectivity index (χ1n) is 8.98. The summed E-state index contributed by atoms with van der Waals surface area (Å²) >= 11 is 0. The van der Waals surface area contributed by atoms with Crippen molar-refractivity contribution < 1.29 is 9.90 Å². The zero-order chi connectivity index (χ0) is 18.4. The lowest BCUT2D eigenvalue weighted by Crippen LogP contribution is -2.08. The smallest absolute Gasteiger partial charge is 0.335 e. The highest BCUT2D eigenvalue weighted by Crippen LogP contribution is 2.21. The summed E-state index contributed by atoms with van der Waals surface area (Å²) in [5, 5.41) is 15.6. The van der Waals surface area contributed by atoms with Crippen LogP contribution in [0.2, 0.25) is 0 Å². The third-order valence-electron chi connectivity index (χ3n) is 4.36. The first-order valence-corrected chi connectivity index (χ1v) is 8.98. The molecule has 26 heavy (non-hydrogen) atoms. The predicted octanol–water partition coefficient (Wildman–Crippen LogP) is 4.53. The fourth-order valence-electron chi connectivity index (χ4n) is 3.08. The average molecular weight is 352 g/mol. The number of benzene rings is 1. The van der Waals surface area contributed by atoms with E-state index in [0.717, 1.165) is 18.8 Å². The lowest BCUT2D eigenvalue weighted by atomic mass is 9.97. The molecule has 1 aromatic carbocycles. The molecule has 136 valence electrons. The number of hydrogen-bond acceptors (Lipinski definition) is 5. The fraction of sp³-hybridized carbons (Fsp3) is 0.350. The maximum absolute atomic E-state index is 11.1. The summed E-state index contributed by atoms with van der Waals surface area (Å²) in [5.74, 6) is 1.11. The SMILES string of the molecule is Cc1nc(NCCC2=CCCCC2)cc(Nc2cccc(C(=O)O)c2)n1. The minimum atomic E-state index is -0.952. The van der Waals surface area contributed by atoms with Crippen molar-refractivity contribution in [2.75, 3.05) is 17.2 Å². The molecule has 2 aromatic rings. The van der Waals surface area contributed by atoms with Crippen LogP contribution in [-0.4, -0.2) is 27.6 Å². The van der Waals surface area contributed by atoms with Gasteiger partial charge < -0.3 is 15.7 Å². The summed E-state index contributed by atoms with van der Waals surface area (Å²) in [6.07, 6.45) is 8.40. The Hall–Kier alpha value is -2.89. The molecule has 0 bridgehead atoms. The number of nitrogens with zero attached hydrogens (tertiary/aromatic N) is 2. The van der Waals surface area contributed by atoms with E-state index in [4.69, 9.17) is 5.11 Å². The zero-order valence-electron chi connectivity index (χ0n) is 15.0. The maximum Gasteiger partial charge on any atom is 0.335 e. The second kappa shape index (κ2) is 8.47. The summed E-state index contributed by atoms with van der Waals surface area (Å²) in [6, 6.07) is 8.51. The number of aromatic nitrogens is 2. The molecule has 1 aromatic heterocycles. The van der Waals surface area contributed by atoms with Gasteiger partial charge in [0.05, 0.1) is 5.56 Å². The standard InChI is InChI=1S/C20H24N4O2/c1-14-22-18(21-11-10-15-6-3-2-4-7-15)13-19(23-14)24-17-9-5-8-16(12-17)20(25)26/h5-6,8-9,12-13H,2-4,7,10-11H2,1H3,(H,25,26)(H2,21,22,23,24). The Balaban J connectivity index is 1.64. The maximum atomic E-state index is 11.1. The third-order valence-corrected chi connectivity index (χ3v) is 4.36. The number of rotatable bonds is 7. The number of anilines is 3. The topological polar surface area (TPSA) is 87.1 Å². The monoisotopic (exact) mass is 352 g/mol. The first-order chi connectivity index (χ1) is 12.6. The molecule has 1 aliphatic rings.